The average molecular weight is 341 g/mol. The number of sulfonamides is 1. The van der Waals surface area contributed by atoms with E-state index >= 15 is 0 Å². The third kappa shape index (κ3) is 3.41. The van der Waals surface area contributed by atoms with Crippen LogP contribution in [0.2, 0.25) is 0 Å². The van der Waals surface area contributed by atoms with Gasteiger partial charge in [-0.15, -0.1) is 4.31 Å². The predicted molar refractivity (Wildman–Crippen MR) is 80.4 cm³/mol. The Hall–Kier alpha value is -1.84. The van der Waals surface area contributed by atoms with E-state index in [0.29, 0.717) is 0 Å². The number of nitrogens with zero attached hydrogens (tertiary/aromatic N) is 2. The van der Waals surface area contributed by atoms with Crippen LogP contribution in [-0.2, 0) is 30.8 Å². The van der Waals surface area contributed by atoms with Gasteiger partial charge >= 0.3 is 0 Å². The van der Waals surface area contributed by atoms with Crippen molar-refractivity contribution in [3.63, 3.8) is 0 Å². The largest absolute Gasteiger partial charge is 0.598 e. The van der Waals surface area contributed by atoms with Crippen molar-refractivity contribution in [2.24, 2.45) is 11.1 Å². The molecule has 0 radical (unpaired) electrons. The summed E-state index contributed by atoms with van der Waals surface area (Å²) >= 11 is 0. The Labute approximate surface area is 133 Å². The van der Waals surface area contributed by atoms with E-state index in [1.807, 2.05) is 0 Å². The van der Waals surface area contributed by atoms with Crippen LogP contribution in [-0.4, -0.2) is 45.9 Å². The van der Waals surface area contributed by atoms with E-state index in [1.165, 1.54) is 16.4 Å². The van der Waals surface area contributed by atoms with Crippen molar-refractivity contribution in [1.82, 2.24) is 9.62 Å². The fourth-order valence-electron chi connectivity index (χ4n) is 2.66. The lowest BCUT2D eigenvalue weighted by molar-refractivity contribution is -0.115. The molecule has 2 aliphatic rings. The van der Waals surface area contributed by atoms with Crippen LogP contribution in [0.5, 0.6) is 0 Å². The molecular formula is C14H16FN3O4S. The molecule has 1 N–H and O–H groups in total. The van der Waals surface area contributed by atoms with Crippen LogP contribution in [0.3, 0.4) is 0 Å². The van der Waals surface area contributed by atoms with Crippen LogP contribution < -0.4 is 5.32 Å². The molecule has 1 aromatic rings. The Balaban J connectivity index is 1.60. The highest BCUT2D eigenvalue weighted by molar-refractivity contribution is 7.94. The molecule has 9 heteroatoms. The Morgan fingerprint density at radius 3 is 2.83 bits per heavy atom. The number of fused-ring (bicyclic) bond motifs is 1. The maximum atomic E-state index is 12.8. The number of nitrogens with one attached hydrogen (secondary N) is 1. The second-order valence-electron chi connectivity index (χ2n) is 5.62. The van der Waals surface area contributed by atoms with Gasteiger partial charge < -0.3 is 14.7 Å². The number of carbonyl (C=O) groups excluding carboxylic acids is 1. The summed E-state index contributed by atoms with van der Waals surface area (Å²) in [6.07, 6.45) is 0.704. The third-order valence-electron chi connectivity index (χ3n) is 3.94. The Bertz CT molecular complexity index is 688. The minimum Gasteiger partial charge on any atom is -0.598 e. The predicted octanol–water partition coefficient (Wildman–Crippen LogP) is 0.303. The number of benzene rings is 1. The monoisotopic (exact) mass is 341 g/mol. The van der Waals surface area contributed by atoms with Crippen molar-refractivity contribution < 1.29 is 22.8 Å². The molecule has 1 aromatic carbocycles. The molecule has 1 saturated heterocycles. The van der Waals surface area contributed by atoms with Gasteiger partial charge in [0.15, 0.2) is 11.8 Å². The second kappa shape index (κ2) is 5.99. The molecule has 3 unspecified atom stereocenters. The van der Waals surface area contributed by atoms with Crippen molar-refractivity contribution in [2.75, 3.05) is 19.3 Å². The summed E-state index contributed by atoms with van der Waals surface area (Å²) in [5, 5.41) is 6.47. The van der Waals surface area contributed by atoms with Crippen molar-refractivity contribution in [3.05, 3.63) is 35.6 Å². The minimum absolute atomic E-state index is 0.187. The van der Waals surface area contributed by atoms with E-state index in [4.69, 9.17) is 4.84 Å². The molecule has 1 amide bonds. The molecule has 3 rings (SSSR count). The van der Waals surface area contributed by atoms with Gasteiger partial charge in [0.1, 0.15) is 22.5 Å². The Kier molecular flexibility index (Phi) is 4.17. The fourth-order valence-corrected chi connectivity index (χ4v) is 3.51. The van der Waals surface area contributed by atoms with E-state index in [0.717, 1.165) is 11.8 Å². The maximum Gasteiger partial charge on any atom is 0.269 e. The molecule has 0 spiro atoms. The van der Waals surface area contributed by atoms with Gasteiger partial charge in [-0.25, -0.2) is 4.39 Å². The van der Waals surface area contributed by atoms with Crippen molar-refractivity contribution >= 4 is 22.0 Å². The van der Waals surface area contributed by atoms with Crippen LogP contribution in [0.15, 0.2) is 29.4 Å². The summed E-state index contributed by atoms with van der Waals surface area (Å²) in [6.45, 7) is 0.610. The van der Waals surface area contributed by atoms with E-state index in [9.17, 15) is 17.9 Å². The molecular weight excluding hydrogens is 325 g/mol. The van der Waals surface area contributed by atoms with Crippen LogP contribution >= 0.6 is 0 Å². The number of hydrogen-bond acceptors (Lipinski definition) is 5. The Morgan fingerprint density at radius 1 is 1.48 bits per heavy atom. The number of carbonyl (C=O) groups is 1. The van der Waals surface area contributed by atoms with Crippen molar-refractivity contribution in [2.45, 2.75) is 12.6 Å². The van der Waals surface area contributed by atoms with Gasteiger partial charge in [-0.1, -0.05) is 21.5 Å². The molecule has 0 bridgehead atoms. The van der Waals surface area contributed by atoms with Gasteiger partial charge in [-0.3, -0.25) is 4.79 Å². The quantitative estimate of drug-likeness (QED) is 0.797. The first-order chi connectivity index (χ1) is 10.8. The lowest BCUT2D eigenvalue weighted by Crippen LogP contribution is -2.38. The number of oxime groups is 1. The first-order valence-corrected chi connectivity index (χ1v) is 8.91. The van der Waals surface area contributed by atoms with Gasteiger partial charge in [0, 0.05) is 6.54 Å². The van der Waals surface area contributed by atoms with E-state index in [1.54, 1.807) is 12.1 Å². The molecule has 0 aliphatic carbocycles. The average Bonchev–Trinajstić information content (AvgIpc) is 3.06. The zero-order valence-electron chi connectivity index (χ0n) is 12.4. The molecule has 2 aliphatic heterocycles. The Morgan fingerprint density at radius 2 is 2.17 bits per heavy atom. The molecule has 23 heavy (non-hydrogen) atoms. The van der Waals surface area contributed by atoms with Crippen LogP contribution in [0.1, 0.15) is 5.56 Å². The summed E-state index contributed by atoms with van der Waals surface area (Å²) in [5.41, 5.74) is 0.947. The lowest BCUT2D eigenvalue weighted by atomic mass is 10.0. The summed E-state index contributed by atoms with van der Waals surface area (Å²) in [5.74, 6) is -1.11. The van der Waals surface area contributed by atoms with Crippen molar-refractivity contribution in [1.29, 1.82) is 0 Å². The lowest BCUT2D eigenvalue weighted by Gasteiger charge is -2.19. The summed E-state index contributed by atoms with van der Waals surface area (Å²) in [7, 11) is -3.32. The zero-order chi connectivity index (χ0) is 16.6. The first kappa shape index (κ1) is 16.0. The van der Waals surface area contributed by atoms with Crippen LogP contribution in [0, 0.1) is 11.7 Å². The van der Waals surface area contributed by atoms with E-state index in [-0.39, 0.29) is 37.1 Å². The summed E-state index contributed by atoms with van der Waals surface area (Å²) in [4.78, 5) is 17.4. The number of halogens is 1. The van der Waals surface area contributed by atoms with Crippen LogP contribution in [0.4, 0.5) is 4.39 Å². The standard InChI is InChI=1S/C14H16FN3O4S/c1-23(20,21)18-7-11-12(8-18)22-17-13(11)14(19)16-6-9-2-4-10(15)5-3-9/h2-5,11-12H,6-8H2,1H3,(H-,16,19,20,21). The molecule has 0 aromatic heterocycles. The third-order valence-corrected chi connectivity index (χ3v) is 5.17. The van der Waals surface area contributed by atoms with Gasteiger partial charge in [-0.2, -0.15) is 0 Å². The second-order valence-corrected chi connectivity index (χ2v) is 7.60. The fraction of sp³-hybridized carbons (Fsp3) is 0.429. The zero-order valence-corrected chi connectivity index (χ0v) is 13.2. The molecule has 3 atom stereocenters. The van der Waals surface area contributed by atoms with E-state index < -0.39 is 22.4 Å². The first-order valence-electron chi connectivity index (χ1n) is 7.06. The molecule has 2 heterocycles. The maximum absolute atomic E-state index is 12.8. The number of amides is 1. The highest BCUT2D eigenvalue weighted by Gasteiger charge is 2.49. The highest BCUT2D eigenvalue weighted by Crippen LogP contribution is 2.29. The topological polar surface area (TPSA) is 94.1 Å². The number of hydrogen-bond donors (Lipinski definition) is 1. The van der Waals surface area contributed by atoms with Crippen molar-refractivity contribution in [3.8, 4) is 0 Å². The van der Waals surface area contributed by atoms with Crippen LogP contribution in [0.25, 0.3) is 0 Å². The normalized spacial score (nSPS) is 26.1. The molecule has 124 valence electrons. The summed E-state index contributed by atoms with van der Waals surface area (Å²) < 4.78 is 37.3. The van der Waals surface area contributed by atoms with Gasteiger partial charge in [0.2, 0.25) is 0 Å². The smallest absolute Gasteiger partial charge is 0.269 e. The van der Waals surface area contributed by atoms with Gasteiger partial charge in [0.05, 0.1) is 19.0 Å². The molecule has 0 saturated carbocycles. The number of rotatable bonds is 4. The van der Waals surface area contributed by atoms with Gasteiger partial charge in [-0.05, 0) is 17.7 Å². The van der Waals surface area contributed by atoms with E-state index in [2.05, 4.69) is 10.5 Å². The highest BCUT2D eigenvalue weighted by atomic mass is 32.3. The SMILES string of the molecule is C[S+](=O)([O-])N1CC2ON=C(C(=O)NCc3ccc(F)cc3)C2C1. The van der Waals surface area contributed by atoms with Gasteiger partial charge in [0.25, 0.3) is 5.91 Å². The molecule has 7 nitrogen and oxygen atoms in total. The minimum atomic E-state index is -3.32. The molecule has 1 fully saturated rings. The summed E-state index contributed by atoms with van der Waals surface area (Å²) in [6, 6.07) is 5.78.